The van der Waals surface area contributed by atoms with Gasteiger partial charge in [0, 0.05) is 24.1 Å². The van der Waals surface area contributed by atoms with Crippen molar-refractivity contribution in [2.45, 2.75) is 33.2 Å². The Morgan fingerprint density at radius 2 is 1.74 bits per heavy atom. The van der Waals surface area contributed by atoms with Gasteiger partial charge in [-0.2, -0.15) is 0 Å². The quantitative estimate of drug-likeness (QED) is 0.621. The molecule has 0 saturated heterocycles. The highest BCUT2D eigenvalue weighted by Crippen LogP contribution is 2.18. The zero-order valence-electron chi connectivity index (χ0n) is 16.0. The number of aryl methyl sites for hydroxylation is 1. The van der Waals surface area contributed by atoms with Crippen molar-refractivity contribution >= 4 is 17.3 Å². The van der Waals surface area contributed by atoms with Gasteiger partial charge >= 0.3 is 0 Å². The van der Waals surface area contributed by atoms with E-state index < -0.39 is 0 Å². The number of rotatable bonds is 6. The molecule has 0 bridgehead atoms. The number of amides is 1. The normalized spacial score (nSPS) is 10.7. The van der Waals surface area contributed by atoms with Gasteiger partial charge in [0.15, 0.2) is 0 Å². The van der Waals surface area contributed by atoms with Gasteiger partial charge in [0.2, 0.25) is 0 Å². The van der Waals surface area contributed by atoms with Gasteiger partial charge < -0.3 is 10.6 Å². The number of carbonyl (C=O) groups is 1. The first-order valence-electron chi connectivity index (χ1n) is 9.18. The van der Waals surface area contributed by atoms with E-state index in [9.17, 15) is 4.79 Å². The van der Waals surface area contributed by atoms with Gasteiger partial charge in [0.1, 0.15) is 5.69 Å². The lowest BCUT2D eigenvalue weighted by atomic mass is 10.0. The van der Waals surface area contributed by atoms with Crippen LogP contribution in [-0.4, -0.2) is 10.9 Å². The second-order valence-electron chi connectivity index (χ2n) is 6.94. The molecule has 0 fully saturated rings. The van der Waals surface area contributed by atoms with E-state index in [1.807, 2.05) is 42.5 Å². The van der Waals surface area contributed by atoms with Crippen LogP contribution in [-0.2, 0) is 6.54 Å². The van der Waals surface area contributed by atoms with Crippen molar-refractivity contribution < 1.29 is 4.79 Å². The van der Waals surface area contributed by atoms with Gasteiger partial charge in [-0.25, -0.2) is 0 Å². The summed E-state index contributed by atoms with van der Waals surface area (Å²) in [4.78, 5) is 16.7. The van der Waals surface area contributed by atoms with Crippen LogP contribution in [0.25, 0.3) is 0 Å². The molecule has 2 N–H and O–H groups in total. The summed E-state index contributed by atoms with van der Waals surface area (Å²) in [7, 11) is 0. The van der Waals surface area contributed by atoms with Crippen LogP contribution in [0, 0.1) is 6.92 Å². The Kier molecular flexibility index (Phi) is 5.87. The number of pyridine rings is 1. The molecule has 3 aromatic rings. The van der Waals surface area contributed by atoms with Crippen LogP contribution in [0.15, 0.2) is 66.9 Å². The van der Waals surface area contributed by atoms with Crippen molar-refractivity contribution in [3.8, 4) is 0 Å². The second-order valence-corrected chi connectivity index (χ2v) is 6.94. The molecule has 138 valence electrons. The van der Waals surface area contributed by atoms with E-state index in [1.165, 1.54) is 16.7 Å². The molecule has 0 aliphatic rings. The Hall–Kier alpha value is -3.14. The number of hydrogen-bond acceptors (Lipinski definition) is 3. The van der Waals surface area contributed by atoms with Gasteiger partial charge in [0.25, 0.3) is 5.91 Å². The van der Waals surface area contributed by atoms with E-state index in [4.69, 9.17) is 0 Å². The van der Waals surface area contributed by atoms with Gasteiger partial charge in [-0.05, 0) is 53.8 Å². The van der Waals surface area contributed by atoms with E-state index in [1.54, 1.807) is 12.3 Å². The zero-order valence-corrected chi connectivity index (χ0v) is 16.0. The number of carbonyl (C=O) groups excluding carboxylic acids is 1. The molecule has 0 saturated carbocycles. The molecule has 0 aliphatic heterocycles. The molecule has 0 atom stereocenters. The standard InChI is InChI=1S/C23H25N3O/c1-16(2)18-8-10-20(11-9-18)26-23(27)22-14-21(12-13-24-22)25-15-19-7-5-4-6-17(19)3/h4-14,16H,15H2,1-3H3,(H,24,25)(H,26,27). The Morgan fingerprint density at radius 1 is 1.00 bits per heavy atom. The maximum Gasteiger partial charge on any atom is 0.274 e. The number of nitrogens with one attached hydrogen (secondary N) is 2. The smallest absolute Gasteiger partial charge is 0.274 e. The molecule has 2 aromatic carbocycles. The third-order valence-electron chi connectivity index (χ3n) is 4.57. The van der Waals surface area contributed by atoms with Crippen LogP contribution in [0.5, 0.6) is 0 Å². The van der Waals surface area contributed by atoms with Crippen LogP contribution in [0.4, 0.5) is 11.4 Å². The van der Waals surface area contributed by atoms with E-state index in [0.717, 1.165) is 11.4 Å². The zero-order chi connectivity index (χ0) is 19.2. The van der Waals surface area contributed by atoms with Crippen molar-refractivity contribution in [2.75, 3.05) is 10.6 Å². The summed E-state index contributed by atoms with van der Waals surface area (Å²) in [6.07, 6.45) is 1.65. The average Bonchev–Trinajstić information content (AvgIpc) is 2.68. The Morgan fingerprint density at radius 3 is 2.44 bits per heavy atom. The largest absolute Gasteiger partial charge is 0.381 e. The summed E-state index contributed by atoms with van der Waals surface area (Å²) in [6, 6.07) is 19.8. The van der Waals surface area contributed by atoms with Crippen molar-refractivity contribution in [3.63, 3.8) is 0 Å². The predicted molar refractivity (Wildman–Crippen MR) is 111 cm³/mol. The fourth-order valence-electron chi connectivity index (χ4n) is 2.82. The van der Waals surface area contributed by atoms with Crippen LogP contribution in [0.3, 0.4) is 0 Å². The monoisotopic (exact) mass is 359 g/mol. The van der Waals surface area contributed by atoms with Crippen molar-refractivity contribution in [1.82, 2.24) is 4.98 Å². The number of anilines is 2. The first-order valence-corrected chi connectivity index (χ1v) is 9.18. The van der Waals surface area contributed by atoms with Gasteiger partial charge in [-0.1, -0.05) is 50.2 Å². The topological polar surface area (TPSA) is 54.0 Å². The Labute approximate surface area is 160 Å². The van der Waals surface area contributed by atoms with E-state index >= 15 is 0 Å². The molecule has 3 rings (SSSR count). The molecule has 27 heavy (non-hydrogen) atoms. The van der Waals surface area contributed by atoms with Crippen molar-refractivity contribution in [2.24, 2.45) is 0 Å². The highest BCUT2D eigenvalue weighted by Gasteiger charge is 2.09. The first-order chi connectivity index (χ1) is 13.0. The summed E-state index contributed by atoms with van der Waals surface area (Å²) >= 11 is 0. The number of nitrogens with zero attached hydrogens (tertiary/aromatic N) is 1. The maximum atomic E-state index is 12.5. The van der Waals surface area contributed by atoms with E-state index in [2.05, 4.69) is 48.5 Å². The minimum Gasteiger partial charge on any atom is -0.381 e. The number of benzene rings is 2. The first kappa shape index (κ1) is 18.6. The molecule has 1 amide bonds. The average molecular weight is 359 g/mol. The molecule has 0 spiro atoms. The minimum atomic E-state index is -0.216. The van der Waals surface area contributed by atoms with Gasteiger partial charge in [0.05, 0.1) is 0 Å². The minimum absolute atomic E-state index is 0.216. The summed E-state index contributed by atoms with van der Waals surface area (Å²) in [5.41, 5.74) is 5.73. The SMILES string of the molecule is Cc1ccccc1CNc1ccnc(C(=O)Nc2ccc(C(C)C)cc2)c1. The molecule has 0 radical (unpaired) electrons. The highest BCUT2D eigenvalue weighted by molar-refractivity contribution is 6.03. The number of hydrogen-bond donors (Lipinski definition) is 2. The van der Waals surface area contributed by atoms with Crippen molar-refractivity contribution in [1.29, 1.82) is 0 Å². The summed E-state index contributed by atoms with van der Waals surface area (Å²) in [5.74, 6) is 0.249. The van der Waals surface area contributed by atoms with E-state index in [0.29, 0.717) is 18.2 Å². The fraction of sp³-hybridized carbons (Fsp3) is 0.217. The predicted octanol–water partition coefficient (Wildman–Crippen LogP) is 5.38. The summed E-state index contributed by atoms with van der Waals surface area (Å²) < 4.78 is 0. The molecule has 0 aliphatic carbocycles. The lowest BCUT2D eigenvalue weighted by Gasteiger charge is -2.11. The van der Waals surface area contributed by atoms with Crippen LogP contribution in [0.2, 0.25) is 0 Å². The summed E-state index contributed by atoms with van der Waals surface area (Å²) in [6.45, 7) is 7.08. The molecule has 1 heterocycles. The molecular weight excluding hydrogens is 334 g/mol. The third kappa shape index (κ3) is 4.94. The lowest BCUT2D eigenvalue weighted by molar-refractivity contribution is 0.102. The van der Waals surface area contributed by atoms with Crippen LogP contribution < -0.4 is 10.6 Å². The third-order valence-corrected chi connectivity index (χ3v) is 4.57. The van der Waals surface area contributed by atoms with Crippen LogP contribution >= 0.6 is 0 Å². The molecule has 0 unspecified atom stereocenters. The van der Waals surface area contributed by atoms with Crippen molar-refractivity contribution in [3.05, 3.63) is 89.2 Å². The molecule has 1 aromatic heterocycles. The van der Waals surface area contributed by atoms with Gasteiger partial charge in [-0.15, -0.1) is 0 Å². The Balaban J connectivity index is 1.65. The Bertz CT molecular complexity index is 917. The highest BCUT2D eigenvalue weighted by atomic mass is 16.1. The molecular formula is C23H25N3O. The van der Waals surface area contributed by atoms with Crippen LogP contribution in [0.1, 0.15) is 46.9 Å². The van der Waals surface area contributed by atoms with Gasteiger partial charge in [-0.3, -0.25) is 9.78 Å². The fourth-order valence-corrected chi connectivity index (χ4v) is 2.82. The maximum absolute atomic E-state index is 12.5. The second kappa shape index (κ2) is 8.49. The summed E-state index contributed by atoms with van der Waals surface area (Å²) in [5, 5.41) is 6.27. The van der Waals surface area contributed by atoms with E-state index in [-0.39, 0.29) is 5.91 Å². The molecule has 4 nitrogen and oxygen atoms in total. The lowest BCUT2D eigenvalue weighted by Crippen LogP contribution is -2.14. The number of aromatic nitrogens is 1. The molecule has 4 heteroatoms.